The highest BCUT2D eigenvalue weighted by Gasteiger charge is 2.50. The number of urea groups is 1. The van der Waals surface area contributed by atoms with E-state index in [4.69, 9.17) is 0 Å². The Hall–Kier alpha value is -2.44. The maximum atomic E-state index is 14.0. The molecule has 1 saturated heterocycles. The van der Waals surface area contributed by atoms with Crippen molar-refractivity contribution < 1.29 is 18.8 Å². The van der Waals surface area contributed by atoms with E-state index < -0.39 is 29.2 Å². The molecular formula is C16H18FN3O3. The van der Waals surface area contributed by atoms with Crippen LogP contribution in [-0.4, -0.2) is 35.8 Å². The molecule has 122 valence electrons. The van der Waals surface area contributed by atoms with Crippen LogP contribution in [0.3, 0.4) is 0 Å². The molecule has 1 aromatic rings. The highest BCUT2D eigenvalue weighted by molar-refractivity contribution is 6.09. The first kappa shape index (κ1) is 15.5. The highest BCUT2D eigenvalue weighted by atomic mass is 19.1. The van der Waals surface area contributed by atoms with Crippen LogP contribution < -0.4 is 10.6 Å². The van der Waals surface area contributed by atoms with Gasteiger partial charge in [-0.3, -0.25) is 14.5 Å². The van der Waals surface area contributed by atoms with E-state index in [0.717, 1.165) is 17.7 Å². The number of nitrogens with one attached hydrogen (secondary N) is 2. The second-order valence-corrected chi connectivity index (χ2v) is 6.17. The van der Waals surface area contributed by atoms with Gasteiger partial charge in [0.1, 0.15) is 17.9 Å². The summed E-state index contributed by atoms with van der Waals surface area (Å²) in [6, 6.07) is 5.08. The number of benzene rings is 1. The topological polar surface area (TPSA) is 78.5 Å². The Labute approximate surface area is 133 Å². The molecule has 1 saturated carbocycles. The third-order valence-electron chi connectivity index (χ3n) is 4.27. The van der Waals surface area contributed by atoms with Crippen LogP contribution in [0.15, 0.2) is 24.3 Å². The third kappa shape index (κ3) is 2.91. The Bertz CT molecular complexity index is 674. The lowest BCUT2D eigenvalue weighted by Gasteiger charge is -2.22. The molecule has 1 aromatic carbocycles. The number of rotatable bonds is 5. The van der Waals surface area contributed by atoms with E-state index in [1.165, 1.54) is 25.1 Å². The minimum absolute atomic E-state index is 0.0826. The van der Waals surface area contributed by atoms with Crippen molar-refractivity contribution in [2.75, 3.05) is 13.1 Å². The van der Waals surface area contributed by atoms with Crippen LogP contribution in [0.25, 0.3) is 0 Å². The molecule has 23 heavy (non-hydrogen) atoms. The van der Waals surface area contributed by atoms with Crippen LogP contribution in [0.2, 0.25) is 0 Å². The Morgan fingerprint density at radius 1 is 1.39 bits per heavy atom. The fraction of sp³-hybridized carbons (Fsp3) is 0.438. The quantitative estimate of drug-likeness (QED) is 0.798. The monoisotopic (exact) mass is 319 g/mol. The molecular weight excluding hydrogens is 301 g/mol. The fourth-order valence-corrected chi connectivity index (χ4v) is 2.67. The second-order valence-electron chi connectivity index (χ2n) is 6.17. The molecule has 1 atom stereocenters. The largest absolute Gasteiger partial charge is 0.354 e. The van der Waals surface area contributed by atoms with E-state index in [1.54, 1.807) is 6.07 Å². The molecule has 0 aromatic heterocycles. The number of carbonyl (C=O) groups is 3. The normalized spacial score (nSPS) is 23.8. The standard InChI is InChI=1S/C16H18FN3O3/c1-16(11-4-2-3-5-12(11)17)14(22)20(15(23)19-16)9-13(21)18-8-10-6-7-10/h2-5,10H,6-9H2,1H3,(H,18,21)(H,19,23)/t16-/m0/s1. The number of hydrogen-bond acceptors (Lipinski definition) is 3. The Morgan fingerprint density at radius 3 is 2.74 bits per heavy atom. The zero-order chi connectivity index (χ0) is 16.6. The molecule has 1 aliphatic carbocycles. The number of nitrogens with zero attached hydrogens (tertiary/aromatic N) is 1. The van der Waals surface area contributed by atoms with Crippen molar-refractivity contribution >= 4 is 17.8 Å². The van der Waals surface area contributed by atoms with Crippen molar-refractivity contribution in [3.8, 4) is 0 Å². The molecule has 7 heteroatoms. The van der Waals surface area contributed by atoms with E-state index in [9.17, 15) is 18.8 Å². The van der Waals surface area contributed by atoms with E-state index in [1.807, 2.05) is 0 Å². The average Bonchev–Trinajstić information content (AvgIpc) is 3.31. The molecule has 2 N–H and O–H groups in total. The predicted octanol–water partition coefficient (Wildman–Crippen LogP) is 1.12. The van der Waals surface area contributed by atoms with E-state index in [2.05, 4.69) is 10.6 Å². The Morgan fingerprint density at radius 2 is 2.09 bits per heavy atom. The maximum absolute atomic E-state index is 14.0. The summed E-state index contributed by atoms with van der Waals surface area (Å²) in [7, 11) is 0. The number of hydrogen-bond donors (Lipinski definition) is 2. The van der Waals surface area contributed by atoms with Crippen molar-refractivity contribution in [1.29, 1.82) is 0 Å². The number of halogens is 1. The van der Waals surface area contributed by atoms with Crippen molar-refractivity contribution in [2.45, 2.75) is 25.3 Å². The summed E-state index contributed by atoms with van der Waals surface area (Å²) in [6.45, 7) is 1.64. The molecule has 0 bridgehead atoms. The van der Waals surface area contributed by atoms with Gasteiger partial charge in [-0.05, 0) is 31.7 Å². The van der Waals surface area contributed by atoms with Crippen molar-refractivity contribution in [1.82, 2.24) is 15.5 Å². The lowest BCUT2D eigenvalue weighted by molar-refractivity contribution is -0.134. The van der Waals surface area contributed by atoms with Gasteiger partial charge in [0, 0.05) is 12.1 Å². The Kier molecular flexibility index (Phi) is 3.79. The summed E-state index contributed by atoms with van der Waals surface area (Å²) in [6.07, 6.45) is 2.18. The van der Waals surface area contributed by atoms with Crippen LogP contribution in [-0.2, 0) is 15.1 Å². The molecule has 2 fully saturated rings. The summed E-state index contributed by atoms with van der Waals surface area (Å²) >= 11 is 0. The first-order valence-electron chi connectivity index (χ1n) is 7.57. The number of imide groups is 1. The maximum Gasteiger partial charge on any atom is 0.325 e. The number of amides is 4. The minimum Gasteiger partial charge on any atom is -0.354 e. The van der Waals surface area contributed by atoms with E-state index >= 15 is 0 Å². The lowest BCUT2D eigenvalue weighted by atomic mass is 9.91. The van der Waals surface area contributed by atoms with Gasteiger partial charge in [-0.15, -0.1) is 0 Å². The van der Waals surface area contributed by atoms with Gasteiger partial charge in [-0.1, -0.05) is 18.2 Å². The lowest BCUT2D eigenvalue weighted by Crippen LogP contribution is -2.44. The molecule has 4 amide bonds. The molecule has 6 nitrogen and oxygen atoms in total. The zero-order valence-electron chi connectivity index (χ0n) is 12.8. The minimum atomic E-state index is -1.50. The first-order chi connectivity index (χ1) is 10.9. The van der Waals surface area contributed by atoms with Gasteiger partial charge < -0.3 is 10.6 Å². The van der Waals surface area contributed by atoms with Gasteiger partial charge in [-0.2, -0.15) is 0 Å². The molecule has 3 rings (SSSR count). The van der Waals surface area contributed by atoms with Gasteiger partial charge in [0.2, 0.25) is 5.91 Å². The smallest absolute Gasteiger partial charge is 0.325 e. The summed E-state index contributed by atoms with van der Waals surface area (Å²) in [5.74, 6) is -1.10. The highest BCUT2D eigenvalue weighted by Crippen LogP contribution is 2.30. The van der Waals surface area contributed by atoms with Crippen molar-refractivity contribution in [3.63, 3.8) is 0 Å². The van der Waals surface area contributed by atoms with Gasteiger partial charge >= 0.3 is 6.03 Å². The molecule has 1 aliphatic heterocycles. The third-order valence-corrected chi connectivity index (χ3v) is 4.27. The molecule has 2 aliphatic rings. The summed E-state index contributed by atoms with van der Waals surface area (Å²) in [5, 5.41) is 5.19. The van der Waals surface area contributed by atoms with E-state index in [-0.39, 0.29) is 12.1 Å². The molecule has 0 radical (unpaired) electrons. The zero-order valence-corrected chi connectivity index (χ0v) is 12.8. The van der Waals surface area contributed by atoms with Gasteiger partial charge in [0.05, 0.1) is 0 Å². The molecule has 1 heterocycles. The molecule has 0 unspecified atom stereocenters. The SMILES string of the molecule is C[C@@]1(c2ccccc2F)NC(=O)N(CC(=O)NCC2CC2)C1=O. The summed E-state index contributed by atoms with van der Waals surface area (Å²) in [4.78, 5) is 37.3. The van der Waals surface area contributed by atoms with Gasteiger partial charge in [-0.25, -0.2) is 9.18 Å². The van der Waals surface area contributed by atoms with Gasteiger partial charge in [0.25, 0.3) is 5.91 Å². The molecule has 0 spiro atoms. The summed E-state index contributed by atoms with van der Waals surface area (Å²) < 4.78 is 14.0. The number of carbonyl (C=O) groups excluding carboxylic acids is 3. The van der Waals surface area contributed by atoms with Crippen LogP contribution in [0.5, 0.6) is 0 Å². The fourth-order valence-electron chi connectivity index (χ4n) is 2.67. The van der Waals surface area contributed by atoms with Crippen molar-refractivity contribution in [2.24, 2.45) is 5.92 Å². The predicted molar refractivity (Wildman–Crippen MR) is 79.7 cm³/mol. The van der Waals surface area contributed by atoms with E-state index in [0.29, 0.717) is 12.5 Å². The van der Waals surface area contributed by atoms with Gasteiger partial charge in [0.15, 0.2) is 0 Å². The van der Waals surface area contributed by atoms with Crippen LogP contribution >= 0.6 is 0 Å². The second kappa shape index (κ2) is 5.64. The van der Waals surface area contributed by atoms with Crippen LogP contribution in [0, 0.1) is 11.7 Å². The first-order valence-corrected chi connectivity index (χ1v) is 7.57. The summed E-state index contributed by atoms with van der Waals surface area (Å²) in [5.41, 5.74) is -1.42. The average molecular weight is 319 g/mol. The van der Waals surface area contributed by atoms with Crippen LogP contribution in [0.1, 0.15) is 25.3 Å². The Balaban J connectivity index is 1.74. The van der Waals surface area contributed by atoms with Crippen molar-refractivity contribution in [3.05, 3.63) is 35.6 Å². The van der Waals surface area contributed by atoms with Crippen LogP contribution in [0.4, 0.5) is 9.18 Å².